The lowest BCUT2D eigenvalue weighted by Crippen LogP contribution is -2.09. The van der Waals surface area contributed by atoms with Gasteiger partial charge >= 0.3 is 0 Å². The van der Waals surface area contributed by atoms with Crippen molar-refractivity contribution < 1.29 is 13.9 Å². The third-order valence-electron chi connectivity index (χ3n) is 6.11. The van der Waals surface area contributed by atoms with Crippen LogP contribution in [-0.4, -0.2) is 17.5 Å². The molecule has 0 atom stereocenters. The van der Waals surface area contributed by atoms with Gasteiger partial charge in [0, 0.05) is 34.3 Å². The van der Waals surface area contributed by atoms with Gasteiger partial charge in [0.15, 0.2) is 0 Å². The van der Waals surface area contributed by atoms with E-state index in [0.717, 1.165) is 49.9 Å². The highest BCUT2D eigenvalue weighted by Gasteiger charge is 2.20. The first-order valence-corrected chi connectivity index (χ1v) is 11.6. The van der Waals surface area contributed by atoms with Crippen molar-refractivity contribution in [2.45, 2.75) is 20.8 Å². The molecule has 0 saturated carbocycles. The standard InChI is InChI=1S/C30H26N2O3/c1-4-34-29-20(3)30-26(16-25(29)19(2)15-28(33)32-22-11-8-14-31-17-22)27(18-35-30)24-13-7-10-21-9-5-6-12-23(21)24/h5-18H,4H2,1-3H3,(H,32,33)/b19-15+. The van der Waals surface area contributed by atoms with Crippen molar-refractivity contribution in [3.8, 4) is 16.9 Å². The van der Waals surface area contributed by atoms with E-state index >= 15 is 0 Å². The number of amides is 1. The lowest BCUT2D eigenvalue weighted by Gasteiger charge is -2.15. The largest absolute Gasteiger partial charge is 0.493 e. The summed E-state index contributed by atoms with van der Waals surface area (Å²) in [5.74, 6) is 0.499. The molecule has 0 bridgehead atoms. The number of aromatic nitrogens is 1. The molecule has 0 aliphatic heterocycles. The summed E-state index contributed by atoms with van der Waals surface area (Å²) in [5.41, 5.74) is 6.11. The van der Waals surface area contributed by atoms with Gasteiger partial charge in [-0.25, -0.2) is 0 Å². The third-order valence-corrected chi connectivity index (χ3v) is 6.11. The smallest absolute Gasteiger partial charge is 0.248 e. The maximum absolute atomic E-state index is 12.7. The fraction of sp³-hybridized carbons (Fsp3) is 0.133. The summed E-state index contributed by atoms with van der Waals surface area (Å²) in [6.45, 7) is 6.37. The highest BCUT2D eigenvalue weighted by Crippen LogP contribution is 2.42. The maximum Gasteiger partial charge on any atom is 0.248 e. The second kappa shape index (κ2) is 9.47. The number of anilines is 1. The lowest BCUT2D eigenvalue weighted by molar-refractivity contribution is -0.111. The summed E-state index contributed by atoms with van der Waals surface area (Å²) >= 11 is 0. The van der Waals surface area contributed by atoms with E-state index in [1.54, 1.807) is 30.6 Å². The predicted octanol–water partition coefficient (Wildman–Crippen LogP) is 7.40. The Morgan fingerprint density at radius 3 is 2.69 bits per heavy atom. The molecule has 1 N–H and O–H groups in total. The summed E-state index contributed by atoms with van der Waals surface area (Å²) in [5, 5.41) is 6.18. The summed E-state index contributed by atoms with van der Waals surface area (Å²) in [6, 6.07) is 20.3. The first-order valence-electron chi connectivity index (χ1n) is 11.6. The van der Waals surface area contributed by atoms with E-state index in [0.29, 0.717) is 12.3 Å². The quantitative estimate of drug-likeness (QED) is 0.267. The molecule has 5 nitrogen and oxygen atoms in total. The van der Waals surface area contributed by atoms with E-state index in [4.69, 9.17) is 9.15 Å². The van der Waals surface area contributed by atoms with Crippen molar-refractivity contribution in [3.63, 3.8) is 0 Å². The molecule has 35 heavy (non-hydrogen) atoms. The third kappa shape index (κ3) is 4.28. The van der Waals surface area contributed by atoms with Crippen LogP contribution in [0.2, 0.25) is 0 Å². The van der Waals surface area contributed by atoms with Crippen molar-refractivity contribution in [1.82, 2.24) is 4.98 Å². The summed E-state index contributed by atoms with van der Waals surface area (Å²) in [6.07, 6.45) is 6.69. The Bertz CT molecular complexity index is 1560. The van der Waals surface area contributed by atoms with Gasteiger partial charge in [-0.05, 0) is 60.9 Å². The van der Waals surface area contributed by atoms with Gasteiger partial charge in [-0.2, -0.15) is 0 Å². The zero-order chi connectivity index (χ0) is 24.4. The Morgan fingerprint density at radius 1 is 1.06 bits per heavy atom. The van der Waals surface area contributed by atoms with Gasteiger partial charge in [-0.1, -0.05) is 42.5 Å². The van der Waals surface area contributed by atoms with Gasteiger partial charge in [0.1, 0.15) is 11.3 Å². The molecule has 174 valence electrons. The van der Waals surface area contributed by atoms with Crippen molar-refractivity contribution in [2.75, 3.05) is 11.9 Å². The number of pyridine rings is 1. The molecule has 1 amide bonds. The second-order valence-electron chi connectivity index (χ2n) is 8.42. The fourth-order valence-electron chi connectivity index (χ4n) is 4.50. The van der Waals surface area contributed by atoms with E-state index in [1.807, 2.05) is 39.2 Å². The number of nitrogens with one attached hydrogen (secondary N) is 1. The fourth-order valence-corrected chi connectivity index (χ4v) is 4.50. The minimum Gasteiger partial charge on any atom is -0.493 e. The van der Waals surface area contributed by atoms with Gasteiger partial charge in [0.05, 0.1) is 24.8 Å². The number of hydrogen-bond donors (Lipinski definition) is 1. The molecule has 2 aromatic heterocycles. The summed E-state index contributed by atoms with van der Waals surface area (Å²) < 4.78 is 12.1. The van der Waals surface area contributed by atoms with Crippen molar-refractivity contribution in [2.24, 2.45) is 0 Å². The number of carbonyl (C=O) groups is 1. The van der Waals surface area contributed by atoms with Crippen LogP contribution in [0.3, 0.4) is 0 Å². The van der Waals surface area contributed by atoms with Gasteiger partial charge in [0.2, 0.25) is 5.91 Å². The van der Waals surface area contributed by atoms with Crippen LogP contribution in [0, 0.1) is 6.92 Å². The van der Waals surface area contributed by atoms with Crippen LogP contribution < -0.4 is 10.1 Å². The highest BCUT2D eigenvalue weighted by molar-refractivity contribution is 6.08. The zero-order valence-electron chi connectivity index (χ0n) is 20.0. The topological polar surface area (TPSA) is 64.4 Å². The Labute approximate surface area is 204 Å². The number of benzene rings is 3. The van der Waals surface area contributed by atoms with Crippen LogP contribution in [0.25, 0.3) is 38.4 Å². The number of furan rings is 1. The average Bonchev–Trinajstić information content (AvgIpc) is 3.30. The molecule has 0 aliphatic rings. The number of fused-ring (bicyclic) bond motifs is 2. The Kier molecular flexibility index (Phi) is 6.06. The van der Waals surface area contributed by atoms with E-state index in [2.05, 4.69) is 46.7 Å². The summed E-state index contributed by atoms with van der Waals surface area (Å²) in [7, 11) is 0. The Morgan fingerprint density at radius 2 is 1.89 bits per heavy atom. The van der Waals surface area contributed by atoms with Crippen LogP contribution in [0.15, 0.2) is 89.8 Å². The zero-order valence-corrected chi connectivity index (χ0v) is 20.0. The number of nitrogens with zero attached hydrogens (tertiary/aromatic N) is 1. The number of rotatable bonds is 6. The van der Waals surface area contributed by atoms with E-state index < -0.39 is 0 Å². The molecular weight excluding hydrogens is 436 g/mol. The average molecular weight is 463 g/mol. The summed E-state index contributed by atoms with van der Waals surface area (Å²) in [4.78, 5) is 16.8. The highest BCUT2D eigenvalue weighted by atomic mass is 16.5. The maximum atomic E-state index is 12.7. The SMILES string of the molecule is CCOc1c(/C(C)=C/C(=O)Nc2cccnc2)cc2c(-c3cccc4ccccc34)coc2c1C. The van der Waals surface area contributed by atoms with E-state index in [1.165, 1.54) is 5.39 Å². The molecule has 2 heterocycles. The monoisotopic (exact) mass is 462 g/mol. The van der Waals surface area contributed by atoms with Gasteiger partial charge in [-0.3, -0.25) is 9.78 Å². The number of aryl methyl sites for hydroxylation is 1. The second-order valence-corrected chi connectivity index (χ2v) is 8.42. The molecule has 5 rings (SSSR count). The minimum absolute atomic E-state index is 0.225. The van der Waals surface area contributed by atoms with Gasteiger partial charge < -0.3 is 14.5 Å². The number of allylic oxidation sites excluding steroid dienone is 1. The Hall–Kier alpha value is -4.38. The number of carbonyl (C=O) groups excluding carboxylic acids is 1. The van der Waals surface area contributed by atoms with Crippen LogP contribution in [-0.2, 0) is 4.79 Å². The molecule has 0 unspecified atom stereocenters. The molecule has 0 aliphatic carbocycles. The van der Waals surface area contributed by atoms with Crippen molar-refractivity contribution in [1.29, 1.82) is 0 Å². The van der Waals surface area contributed by atoms with Crippen molar-refractivity contribution >= 4 is 38.9 Å². The number of hydrogen-bond acceptors (Lipinski definition) is 4. The van der Waals surface area contributed by atoms with Crippen molar-refractivity contribution in [3.05, 3.63) is 96.5 Å². The van der Waals surface area contributed by atoms with E-state index in [-0.39, 0.29) is 5.91 Å². The van der Waals surface area contributed by atoms with Crippen LogP contribution in [0.4, 0.5) is 5.69 Å². The van der Waals surface area contributed by atoms with Crippen LogP contribution >= 0.6 is 0 Å². The first-order chi connectivity index (χ1) is 17.1. The number of ether oxygens (including phenoxy) is 1. The lowest BCUT2D eigenvalue weighted by atomic mass is 9.94. The van der Waals surface area contributed by atoms with Crippen LogP contribution in [0.1, 0.15) is 25.0 Å². The minimum atomic E-state index is -0.225. The normalized spacial score (nSPS) is 11.7. The predicted molar refractivity (Wildman–Crippen MR) is 142 cm³/mol. The molecule has 0 fully saturated rings. The van der Waals surface area contributed by atoms with Crippen LogP contribution in [0.5, 0.6) is 5.75 Å². The molecule has 0 saturated heterocycles. The van der Waals surface area contributed by atoms with E-state index in [9.17, 15) is 4.79 Å². The Balaban J connectivity index is 1.64. The molecular formula is C30H26N2O3. The molecule has 0 spiro atoms. The molecule has 3 aromatic carbocycles. The first kappa shape index (κ1) is 22.4. The molecule has 0 radical (unpaired) electrons. The van der Waals surface area contributed by atoms with Gasteiger partial charge in [0.25, 0.3) is 0 Å². The molecule has 5 aromatic rings. The molecule has 5 heteroatoms. The van der Waals surface area contributed by atoms with Gasteiger partial charge in [-0.15, -0.1) is 0 Å².